The van der Waals surface area contributed by atoms with Crippen molar-refractivity contribution in [3.63, 3.8) is 0 Å². The molecule has 4 aromatic carbocycles. The van der Waals surface area contributed by atoms with Crippen LogP contribution in [-0.4, -0.2) is 9.85 Å². The Morgan fingerprint density at radius 3 is 1.65 bits per heavy atom. The van der Waals surface area contributed by atoms with Crippen LogP contribution in [0.4, 0.5) is 11.4 Å². The number of rotatable bonds is 9. The van der Waals surface area contributed by atoms with Gasteiger partial charge in [0.15, 0.2) is 11.5 Å². The Balaban J connectivity index is 1.59. The van der Waals surface area contributed by atoms with Crippen molar-refractivity contribution >= 4 is 11.4 Å². The number of ether oxygens (including phenoxy) is 2. The maximum atomic E-state index is 10.9. The van der Waals surface area contributed by atoms with Gasteiger partial charge in [-0.2, -0.15) is 0 Å². The number of nitro groups is 2. The molecule has 0 radical (unpaired) electrons. The number of non-ortho nitro benzene ring substituents is 2. The predicted octanol–water partition coefficient (Wildman–Crippen LogP) is 6.33. The topological polar surface area (TPSA) is 105 Å². The summed E-state index contributed by atoms with van der Waals surface area (Å²) >= 11 is 0. The number of nitro benzene ring substituents is 2. The lowest BCUT2D eigenvalue weighted by Crippen LogP contribution is -2.02. The summed E-state index contributed by atoms with van der Waals surface area (Å²) in [6.45, 7) is 0.389. The van der Waals surface area contributed by atoms with E-state index in [-0.39, 0.29) is 24.6 Å². The molecule has 0 heterocycles. The van der Waals surface area contributed by atoms with E-state index in [0.717, 1.165) is 22.3 Å². The van der Waals surface area contributed by atoms with Crippen LogP contribution in [-0.2, 0) is 13.2 Å². The highest BCUT2D eigenvalue weighted by Gasteiger charge is 2.14. The summed E-state index contributed by atoms with van der Waals surface area (Å²) < 4.78 is 12.2. The molecule has 0 aromatic heterocycles. The Kier molecular flexibility index (Phi) is 6.78. The van der Waals surface area contributed by atoms with E-state index in [4.69, 9.17) is 9.47 Å². The fraction of sp³-hybridized carbons (Fsp3) is 0.0769. The molecule has 0 N–H and O–H groups in total. The number of para-hydroxylation sites is 1. The van der Waals surface area contributed by atoms with Gasteiger partial charge in [0.05, 0.1) is 9.85 Å². The molecule has 0 bridgehead atoms. The highest BCUT2D eigenvalue weighted by Crippen LogP contribution is 2.39. The standard InChI is InChI=1S/C26H20N2O6/c29-27(30)22-13-9-19(10-14-22)17-33-25-8-4-7-24(21-5-2-1-3-6-21)26(25)34-18-20-11-15-23(16-12-20)28(31)32/h1-16H,17-18H2. The molecule has 0 aliphatic heterocycles. The van der Waals surface area contributed by atoms with Crippen molar-refractivity contribution in [1.29, 1.82) is 0 Å². The molecule has 8 heteroatoms. The lowest BCUT2D eigenvalue weighted by Gasteiger charge is -2.17. The molecule has 0 spiro atoms. The highest BCUT2D eigenvalue weighted by atomic mass is 16.6. The molecule has 0 atom stereocenters. The van der Waals surface area contributed by atoms with Crippen LogP contribution in [0, 0.1) is 20.2 Å². The van der Waals surface area contributed by atoms with Gasteiger partial charge in [-0.15, -0.1) is 0 Å². The zero-order valence-corrected chi connectivity index (χ0v) is 18.0. The molecule has 0 fully saturated rings. The molecule has 0 aliphatic carbocycles. The Morgan fingerprint density at radius 1 is 0.588 bits per heavy atom. The second-order valence-corrected chi connectivity index (χ2v) is 7.42. The van der Waals surface area contributed by atoms with Crippen LogP contribution in [0.1, 0.15) is 11.1 Å². The van der Waals surface area contributed by atoms with Gasteiger partial charge in [0, 0.05) is 29.8 Å². The molecule has 0 saturated heterocycles. The summed E-state index contributed by atoms with van der Waals surface area (Å²) in [5.41, 5.74) is 3.36. The molecule has 4 rings (SSSR count). The first-order chi connectivity index (χ1) is 16.5. The van der Waals surface area contributed by atoms with E-state index in [2.05, 4.69) is 0 Å². The van der Waals surface area contributed by atoms with Gasteiger partial charge in [0.2, 0.25) is 0 Å². The van der Waals surface area contributed by atoms with E-state index in [0.29, 0.717) is 11.5 Å². The summed E-state index contributed by atoms with van der Waals surface area (Å²) in [5, 5.41) is 21.8. The van der Waals surface area contributed by atoms with Crippen molar-refractivity contribution < 1.29 is 19.3 Å². The van der Waals surface area contributed by atoms with Gasteiger partial charge in [-0.25, -0.2) is 0 Å². The van der Waals surface area contributed by atoms with Crippen LogP contribution in [0.5, 0.6) is 11.5 Å². The first-order valence-electron chi connectivity index (χ1n) is 10.4. The zero-order chi connectivity index (χ0) is 23.9. The average Bonchev–Trinajstić information content (AvgIpc) is 2.87. The smallest absolute Gasteiger partial charge is 0.269 e. The molecule has 8 nitrogen and oxygen atoms in total. The van der Waals surface area contributed by atoms with E-state index in [9.17, 15) is 20.2 Å². The Bertz CT molecular complexity index is 1290. The maximum Gasteiger partial charge on any atom is 0.269 e. The van der Waals surface area contributed by atoms with Gasteiger partial charge >= 0.3 is 0 Å². The van der Waals surface area contributed by atoms with E-state index in [1.54, 1.807) is 30.3 Å². The highest BCUT2D eigenvalue weighted by molar-refractivity contribution is 5.73. The van der Waals surface area contributed by atoms with Crippen LogP contribution in [0.3, 0.4) is 0 Å². The molecule has 0 unspecified atom stereocenters. The van der Waals surface area contributed by atoms with Crippen molar-refractivity contribution in [3.05, 3.63) is 128 Å². The Morgan fingerprint density at radius 2 is 1.12 bits per heavy atom. The van der Waals surface area contributed by atoms with E-state index >= 15 is 0 Å². The quantitative estimate of drug-likeness (QED) is 0.215. The molecule has 0 saturated carbocycles. The van der Waals surface area contributed by atoms with Gasteiger partial charge in [-0.05, 0) is 47.0 Å². The summed E-state index contributed by atoms with van der Waals surface area (Å²) in [6.07, 6.45) is 0. The minimum atomic E-state index is -0.446. The first-order valence-corrected chi connectivity index (χ1v) is 10.4. The second kappa shape index (κ2) is 10.3. The summed E-state index contributed by atoms with van der Waals surface area (Å²) in [4.78, 5) is 20.9. The Labute approximate surface area is 195 Å². The molecule has 0 amide bonds. The largest absolute Gasteiger partial charge is 0.485 e. The lowest BCUT2D eigenvalue weighted by molar-refractivity contribution is -0.385. The van der Waals surface area contributed by atoms with Crippen LogP contribution in [0.25, 0.3) is 11.1 Å². The molecule has 170 valence electrons. The molecular weight excluding hydrogens is 436 g/mol. The fourth-order valence-electron chi connectivity index (χ4n) is 3.37. The van der Waals surface area contributed by atoms with Crippen molar-refractivity contribution in [3.8, 4) is 22.6 Å². The summed E-state index contributed by atoms with van der Waals surface area (Å²) in [5.74, 6) is 1.05. The maximum absolute atomic E-state index is 10.9. The minimum absolute atomic E-state index is 0.0144. The minimum Gasteiger partial charge on any atom is -0.485 e. The van der Waals surface area contributed by atoms with Crippen molar-refractivity contribution in [2.75, 3.05) is 0 Å². The predicted molar refractivity (Wildman–Crippen MR) is 127 cm³/mol. The average molecular weight is 456 g/mol. The second-order valence-electron chi connectivity index (χ2n) is 7.42. The van der Waals surface area contributed by atoms with Gasteiger partial charge in [-0.1, -0.05) is 42.5 Å². The molecule has 4 aromatic rings. The third-order valence-corrected chi connectivity index (χ3v) is 5.14. The van der Waals surface area contributed by atoms with E-state index in [1.807, 2.05) is 42.5 Å². The monoisotopic (exact) mass is 456 g/mol. The van der Waals surface area contributed by atoms with Crippen LogP contribution < -0.4 is 9.47 Å². The Hall–Kier alpha value is -4.72. The van der Waals surface area contributed by atoms with Crippen LogP contribution >= 0.6 is 0 Å². The normalized spacial score (nSPS) is 10.5. The third-order valence-electron chi connectivity index (χ3n) is 5.14. The van der Waals surface area contributed by atoms with E-state index in [1.165, 1.54) is 24.3 Å². The van der Waals surface area contributed by atoms with Gasteiger partial charge in [-0.3, -0.25) is 20.2 Å². The molecule has 34 heavy (non-hydrogen) atoms. The fourth-order valence-corrected chi connectivity index (χ4v) is 3.37. The number of hydrogen-bond donors (Lipinski definition) is 0. The number of nitrogens with zero attached hydrogens (tertiary/aromatic N) is 2. The first kappa shape index (κ1) is 22.5. The number of hydrogen-bond acceptors (Lipinski definition) is 6. The SMILES string of the molecule is O=[N+]([O-])c1ccc(COc2cccc(-c3ccccc3)c2OCc2ccc([N+](=O)[O-])cc2)cc1. The molecule has 0 aliphatic rings. The lowest BCUT2D eigenvalue weighted by atomic mass is 10.0. The zero-order valence-electron chi connectivity index (χ0n) is 18.0. The summed E-state index contributed by atoms with van der Waals surface area (Å²) in [6, 6.07) is 27.7. The van der Waals surface area contributed by atoms with Crippen molar-refractivity contribution in [1.82, 2.24) is 0 Å². The van der Waals surface area contributed by atoms with Gasteiger partial charge in [0.25, 0.3) is 11.4 Å². The van der Waals surface area contributed by atoms with Gasteiger partial charge < -0.3 is 9.47 Å². The van der Waals surface area contributed by atoms with Crippen LogP contribution in [0.15, 0.2) is 97.1 Å². The van der Waals surface area contributed by atoms with Crippen molar-refractivity contribution in [2.45, 2.75) is 13.2 Å². The van der Waals surface area contributed by atoms with E-state index < -0.39 is 9.85 Å². The van der Waals surface area contributed by atoms with Crippen LogP contribution in [0.2, 0.25) is 0 Å². The third kappa shape index (κ3) is 5.36. The van der Waals surface area contributed by atoms with Crippen molar-refractivity contribution in [2.24, 2.45) is 0 Å². The number of benzene rings is 4. The van der Waals surface area contributed by atoms with Gasteiger partial charge in [0.1, 0.15) is 13.2 Å². The summed E-state index contributed by atoms with van der Waals surface area (Å²) in [7, 11) is 0. The molecular formula is C26H20N2O6.